The Labute approximate surface area is 126 Å². The Morgan fingerprint density at radius 1 is 1.14 bits per heavy atom. The number of carbonyl (C=O) groups excluding carboxylic acids is 1. The molecule has 1 atom stereocenters. The van der Waals surface area contributed by atoms with E-state index in [1.54, 1.807) is 0 Å². The summed E-state index contributed by atoms with van der Waals surface area (Å²) in [4.78, 5) is 17.0. The Hall–Kier alpha value is -1.86. The minimum Gasteiger partial charge on any atom is -0.337 e. The number of hydrogen-bond donors (Lipinski definition) is 0. The van der Waals surface area contributed by atoms with Gasteiger partial charge in [-0.3, -0.25) is 9.69 Å². The number of likely N-dealkylation sites (tertiary alicyclic amines) is 2. The number of nitriles is 1. The lowest BCUT2D eigenvalue weighted by molar-refractivity contribution is -0.140. The van der Waals surface area contributed by atoms with E-state index < -0.39 is 0 Å². The Balaban J connectivity index is 1.73. The van der Waals surface area contributed by atoms with Crippen molar-refractivity contribution in [2.75, 3.05) is 19.6 Å². The van der Waals surface area contributed by atoms with Crippen LogP contribution < -0.4 is 0 Å². The number of piperidine rings is 1. The van der Waals surface area contributed by atoms with E-state index >= 15 is 0 Å². The number of benzene rings is 1. The maximum atomic E-state index is 12.7. The zero-order valence-corrected chi connectivity index (χ0v) is 12.3. The van der Waals surface area contributed by atoms with Crippen LogP contribution in [0, 0.1) is 11.3 Å². The first kappa shape index (κ1) is 14.1. The van der Waals surface area contributed by atoms with E-state index in [0.717, 1.165) is 38.0 Å². The van der Waals surface area contributed by atoms with Crippen LogP contribution in [0.15, 0.2) is 24.3 Å². The SMILES string of the molecule is N#Cc1ccccc1CN1CCC[C@H](N2CCCC2)C1=O. The Morgan fingerprint density at radius 3 is 2.67 bits per heavy atom. The lowest BCUT2D eigenvalue weighted by Crippen LogP contribution is -2.51. The molecule has 0 N–H and O–H groups in total. The fraction of sp³-hybridized carbons (Fsp3) is 0.529. The number of nitrogens with zero attached hydrogens (tertiary/aromatic N) is 3. The summed E-state index contributed by atoms with van der Waals surface area (Å²) in [5.74, 6) is 0.246. The van der Waals surface area contributed by atoms with E-state index in [4.69, 9.17) is 0 Å². The van der Waals surface area contributed by atoms with Gasteiger partial charge in [-0.05, 0) is 50.4 Å². The van der Waals surface area contributed by atoms with Crippen molar-refractivity contribution in [2.24, 2.45) is 0 Å². The highest BCUT2D eigenvalue weighted by Crippen LogP contribution is 2.23. The number of rotatable bonds is 3. The van der Waals surface area contributed by atoms with Gasteiger partial charge in [0, 0.05) is 13.1 Å². The second kappa shape index (κ2) is 6.28. The molecule has 2 saturated heterocycles. The monoisotopic (exact) mass is 283 g/mol. The van der Waals surface area contributed by atoms with Crippen molar-refractivity contribution in [2.45, 2.75) is 38.3 Å². The fourth-order valence-electron chi connectivity index (χ4n) is 3.44. The highest BCUT2D eigenvalue weighted by atomic mass is 16.2. The molecule has 0 bridgehead atoms. The average molecular weight is 283 g/mol. The molecule has 1 amide bonds. The van der Waals surface area contributed by atoms with Gasteiger partial charge in [-0.1, -0.05) is 18.2 Å². The molecule has 3 rings (SSSR count). The molecule has 2 aliphatic heterocycles. The third-order valence-corrected chi connectivity index (χ3v) is 4.58. The number of carbonyl (C=O) groups is 1. The van der Waals surface area contributed by atoms with E-state index in [1.165, 1.54) is 12.8 Å². The van der Waals surface area contributed by atoms with Gasteiger partial charge >= 0.3 is 0 Å². The lowest BCUT2D eigenvalue weighted by atomic mass is 10.0. The van der Waals surface area contributed by atoms with Gasteiger partial charge in [0.05, 0.1) is 17.7 Å². The minimum atomic E-state index is 0.0653. The molecule has 0 saturated carbocycles. The zero-order valence-electron chi connectivity index (χ0n) is 12.3. The Morgan fingerprint density at radius 2 is 1.90 bits per heavy atom. The summed E-state index contributed by atoms with van der Waals surface area (Å²) in [6, 6.07) is 9.86. The summed E-state index contributed by atoms with van der Waals surface area (Å²) in [6.45, 7) is 3.48. The van der Waals surface area contributed by atoms with Crippen molar-refractivity contribution in [3.63, 3.8) is 0 Å². The highest BCUT2D eigenvalue weighted by molar-refractivity contribution is 5.82. The summed E-state index contributed by atoms with van der Waals surface area (Å²) in [5.41, 5.74) is 1.63. The normalized spacial score (nSPS) is 23.3. The van der Waals surface area contributed by atoms with E-state index in [1.807, 2.05) is 29.2 Å². The Bertz CT molecular complexity index is 557. The quantitative estimate of drug-likeness (QED) is 0.854. The number of hydrogen-bond acceptors (Lipinski definition) is 3. The largest absolute Gasteiger partial charge is 0.337 e. The average Bonchev–Trinajstić information content (AvgIpc) is 3.04. The van der Waals surface area contributed by atoms with Crippen molar-refractivity contribution >= 4 is 5.91 Å². The van der Waals surface area contributed by atoms with E-state index in [0.29, 0.717) is 12.1 Å². The van der Waals surface area contributed by atoms with Crippen molar-refractivity contribution in [3.8, 4) is 6.07 Å². The highest BCUT2D eigenvalue weighted by Gasteiger charge is 2.34. The predicted molar refractivity (Wildman–Crippen MR) is 80.4 cm³/mol. The molecular formula is C17H21N3O. The summed E-state index contributed by atoms with van der Waals surface area (Å²) in [5, 5.41) is 9.18. The van der Waals surface area contributed by atoms with Gasteiger partial charge in [0.2, 0.25) is 5.91 Å². The van der Waals surface area contributed by atoms with E-state index in [9.17, 15) is 10.1 Å². The molecule has 0 aliphatic carbocycles. The first-order valence-electron chi connectivity index (χ1n) is 7.80. The molecule has 0 radical (unpaired) electrons. The minimum absolute atomic E-state index is 0.0653. The van der Waals surface area contributed by atoms with Gasteiger partial charge in [-0.25, -0.2) is 0 Å². The van der Waals surface area contributed by atoms with Crippen LogP contribution in [-0.2, 0) is 11.3 Å². The molecule has 2 aliphatic rings. The summed E-state index contributed by atoms with van der Waals surface area (Å²) < 4.78 is 0. The van der Waals surface area contributed by atoms with Crippen molar-refractivity contribution < 1.29 is 4.79 Å². The van der Waals surface area contributed by atoms with Gasteiger partial charge in [-0.15, -0.1) is 0 Å². The topological polar surface area (TPSA) is 47.3 Å². The molecule has 1 aromatic rings. The van der Waals surface area contributed by atoms with E-state index in [2.05, 4.69) is 11.0 Å². The van der Waals surface area contributed by atoms with Gasteiger partial charge in [0.15, 0.2) is 0 Å². The van der Waals surface area contributed by atoms with Crippen LogP contribution in [0.4, 0.5) is 0 Å². The van der Waals surface area contributed by atoms with Crippen LogP contribution in [0.5, 0.6) is 0 Å². The second-order valence-corrected chi connectivity index (χ2v) is 5.93. The zero-order chi connectivity index (χ0) is 14.7. The second-order valence-electron chi connectivity index (χ2n) is 5.93. The molecular weight excluding hydrogens is 262 g/mol. The number of amides is 1. The van der Waals surface area contributed by atoms with Crippen molar-refractivity contribution in [3.05, 3.63) is 35.4 Å². The smallest absolute Gasteiger partial charge is 0.240 e. The van der Waals surface area contributed by atoms with Gasteiger partial charge < -0.3 is 4.90 Å². The van der Waals surface area contributed by atoms with E-state index in [-0.39, 0.29) is 11.9 Å². The van der Waals surface area contributed by atoms with Crippen LogP contribution in [-0.4, -0.2) is 41.4 Å². The lowest BCUT2D eigenvalue weighted by Gasteiger charge is -2.36. The third-order valence-electron chi connectivity index (χ3n) is 4.58. The summed E-state index contributed by atoms with van der Waals surface area (Å²) in [6.07, 6.45) is 4.46. The molecule has 1 aromatic carbocycles. The van der Waals surface area contributed by atoms with Crippen molar-refractivity contribution in [1.29, 1.82) is 5.26 Å². The third kappa shape index (κ3) is 2.93. The summed E-state index contributed by atoms with van der Waals surface area (Å²) >= 11 is 0. The molecule has 2 heterocycles. The molecule has 4 heteroatoms. The maximum absolute atomic E-state index is 12.7. The molecule has 110 valence electrons. The molecule has 0 unspecified atom stereocenters. The van der Waals surface area contributed by atoms with Crippen LogP contribution in [0.3, 0.4) is 0 Å². The van der Waals surface area contributed by atoms with Crippen LogP contribution in [0.25, 0.3) is 0 Å². The molecule has 2 fully saturated rings. The maximum Gasteiger partial charge on any atom is 0.240 e. The van der Waals surface area contributed by atoms with Crippen LogP contribution >= 0.6 is 0 Å². The Kier molecular flexibility index (Phi) is 4.21. The van der Waals surface area contributed by atoms with Gasteiger partial charge in [0.25, 0.3) is 0 Å². The van der Waals surface area contributed by atoms with Crippen LogP contribution in [0.1, 0.15) is 36.8 Å². The molecule has 0 spiro atoms. The molecule has 21 heavy (non-hydrogen) atoms. The van der Waals surface area contributed by atoms with Gasteiger partial charge in [-0.2, -0.15) is 5.26 Å². The molecule has 0 aromatic heterocycles. The predicted octanol–water partition coefficient (Wildman–Crippen LogP) is 2.15. The standard InChI is InChI=1S/C17H21N3O/c18-12-14-6-1-2-7-15(14)13-20-11-5-8-16(17(20)21)19-9-3-4-10-19/h1-2,6-7,16H,3-5,8-11,13H2/t16-/m0/s1. The van der Waals surface area contributed by atoms with Crippen LogP contribution in [0.2, 0.25) is 0 Å². The first-order valence-corrected chi connectivity index (χ1v) is 7.80. The molecule has 4 nitrogen and oxygen atoms in total. The first-order chi connectivity index (χ1) is 10.3. The summed E-state index contributed by atoms with van der Waals surface area (Å²) in [7, 11) is 0. The fourth-order valence-corrected chi connectivity index (χ4v) is 3.44. The van der Waals surface area contributed by atoms with Crippen molar-refractivity contribution in [1.82, 2.24) is 9.80 Å². The van der Waals surface area contributed by atoms with Gasteiger partial charge in [0.1, 0.15) is 0 Å².